The summed E-state index contributed by atoms with van der Waals surface area (Å²) in [5.74, 6) is 0.869. The van der Waals surface area contributed by atoms with Crippen LogP contribution in [0.1, 0.15) is 5.56 Å². The van der Waals surface area contributed by atoms with Crippen molar-refractivity contribution in [2.45, 2.75) is 11.3 Å². The quantitative estimate of drug-likeness (QED) is 0.738. The topological polar surface area (TPSA) is 12.0 Å². The fourth-order valence-corrected chi connectivity index (χ4v) is 2.30. The molecule has 0 bridgehead atoms. The second-order valence-corrected chi connectivity index (χ2v) is 4.39. The zero-order valence-electron chi connectivity index (χ0n) is 7.92. The fourth-order valence-electron chi connectivity index (χ4n) is 1.68. The van der Waals surface area contributed by atoms with Gasteiger partial charge in [0.05, 0.1) is 0 Å². The maximum Gasteiger partial charge on any atom is 0.0101 e. The second kappa shape index (κ2) is 4.16. The number of hydrogen-bond acceptors (Lipinski definition) is 2. The maximum absolute atomic E-state index is 3.31. The molecule has 1 aliphatic heterocycles. The van der Waals surface area contributed by atoms with Gasteiger partial charge in [0.2, 0.25) is 0 Å². The van der Waals surface area contributed by atoms with Crippen LogP contribution in [0.3, 0.4) is 0 Å². The largest absolute Gasteiger partial charge is 0.316 e. The molecular formula is C11H15NS. The lowest BCUT2D eigenvalue weighted by atomic mass is 9.94. The third kappa shape index (κ3) is 2.06. The van der Waals surface area contributed by atoms with E-state index in [4.69, 9.17) is 0 Å². The normalized spacial score (nSPS) is 17.0. The first kappa shape index (κ1) is 9.10. The highest BCUT2D eigenvalue weighted by Crippen LogP contribution is 2.23. The summed E-state index contributed by atoms with van der Waals surface area (Å²) < 4.78 is 0. The third-order valence-corrected chi connectivity index (χ3v) is 3.41. The Balaban J connectivity index is 2.08. The van der Waals surface area contributed by atoms with Gasteiger partial charge in [-0.3, -0.25) is 0 Å². The highest BCUT2D eigenvalue weighted by molar-refractivity contribution is 7.98. The Hall–Kier alpha value is -0.470. The smallest absolute Gasteiger partial charge is 0.0101 e. The van der Waals surface area contributed by atoms with E-state index in [0.717, 1.165) is 5.92 Å². The third-order valence-electron chi connectivity index (χ3n) is 2.57. The number of benzene rings is 1. The average molecular weight is 193 g/mol. The summed E-state index contributed by atoms with van der Waals surface area (Å²) in [6.07, 6.45) is 3.39. The monoisotopic (exact) mass is 193 g/mol. The van der Waals surface area contributed by atoms with Crippen molar-refractivity contribution >= 4 is 11.8 Å². The van der Waals surface area contributed by atoms with Gasteiger partial charge in [-0.1, -0.05) is 18.2 Å². The Bertz CT molecular complexity index is 281. The predicted octanol–water partition coefficient (Wildman–Crippen LogP) is 2.17. The van der Waals surface area contributed by atoms with Gasteiger partial charge < -0.3 is 5.32 Å². The van der Waals surface area contributed by atoms with Crippen molar-refractivity contribution in [3.05, 3.63) is 29.8 Å². The molecule has 0 saturated carbocycles. The van der Waals surface area contributed by atoms with E-state index in [9.17, 15) is 0 Å². The van der Waals surface area contributed by atoms with Crippen molar-refractivity contribution in [2.75, 3.05) is 19.3 Å². The van der Waals surface area contributed by atoms with Gasteiger partial charge in [0.25, 0.3) is 0 Å². The van der Waals surface area contributed by atoms with Crippen LogP contribution < -0.4 is 5.32 Å². The van der Waals surface area contributed by atoms with Crippen molar-refractivity contribution in [3.63, 3.8) is 0 Å². The van der Waals surface area contributed by atoms with Crippen LogP contribution in [0.5, 0.6) is 0 Å². The number of nitrogens with one attached hydrogen (secondary N) is 1. The summed E-state index contributed by atoms with van der Waals surface area (Å²) in [5, 5.41) is 3.31. The minimum absolute atomic E-state index is 0.869. The molecule has 1 N–H and O–H groups in total. The molecule has 1 fully saturated rings. The maximum atomic E-state index is 3.31. The molecule has 1 heterocycles. The van der Waals surface area contributed by atoms with Gasteiger partial charge in [0.15, 0.2) is 0 Å². The minimum atomic E-state index is 0.869. The molecule has 0 aliphatic carbocycles. The van der Waals surface area contributed by atoms with Gasteiger partial charge in [0, 0.05) is 4.90 Å². The van der Waals surface area contributed by atoms with Crippen molar-refractivity contribution in [1.82, 2.24) is 5.32 Å². The van der Waals surface area contributed by atoms with Crippen LogP contribution in [0.15, 0.2) is 29.2 Å². The number of rotatable bonds is 3. The summed E-state index contributed by atoms with van der Waals surface area (Å²) in [7, 11) is 0. The van der Waals surface area contributed by atoms with Crippen molar-refractivity contribution in [1.29, 1.82) is 0 Å². The van der Waals surface area contributed by atoms with Gasteiger partial charge in [-0.2, -0.15) is 0 Å². The van der Waals surface area contributed by atoms with Gasteiger partial charge in [-0.15, -0.1) is 11.8 Å². The first-order chi connectivity index (χ1) is 6.40. The highest BCUT2D eigenvalue weighted by atomic mass is 32.2. The van der Waals surface area contributed by atoms with Crippen LogP contribution >= 0.6 is 11.8 Å². The van der Waals surface area contributed by atoms with Crippen molar-refractivity contribution < 1.29 is 0 Å². The number of hydrogen-bond donors (Lipinski definition) is 1. The van der Waals surface area contributed by atoms with E-state index in [1.54, 1.807) is 0 Å². The summed E-state index contributed by atoms with van der Waals surface area (Å²) in [6, 6.07) is 8.73. The molecular weight excluding hydrogens is 178 g/mol. The minimum Gasteiger partial charge on any atom is -0.316 e. The Morgan fingerprint density at radius 2 is 2.15 bits per heavy atom. The Labute approximate surface area is 83.9 Å². The van der Waals surface area contributed by atoms with Gasteiger partial charge in [-0.25, -0.2) is 0 Å². The first-order valence-corrected chi connectivity index (χ1v) is 5.95. The van der Waals surface area contributed by atoms with Crippen LogP contribution in [0.25, 0.3) is 0 Å². The van der Waals surface area contributed by atoms with E-state index in [0.29, 0.717) is 0 Å². The predicted molar refractivity (Wildman–Crippen MR) is 58.3 cm³/mol. The summed E-state index contributed by atoms with van der Waals surface area (Å²) in [6.45, 7) is 2.39. The molecule has 13 heavy (non-hydrogen) atoms. The van der Waals surface area contributed by atoms with Crippen molar-refractivity contribution in [3.8, 4) is 0 Å². The van der Waals surface area contributed by atoms with Crippen LogP contribution in [0.4, 0.5) is 0 Å². The highest BCUT2D eigenvalue weighted by Gasteiger charge is 2.17. The molecule has 0 atom stereocenters. The van der Waals surface area contributed by atoms with E-state index < -0.39 is 0 Å². The first-order valence-electron chi connectivity index (χ1n) is 4.73. The van der Waals surface area contributed by atoms with Crippen LogP contribution in [0, 0.1) is 5.92 Å². The van der Waals surface area contributed by atoms with E-state index in [1.165, 1.54) is 30.0 Å². The summed E-state index contributed by atoms with van der Waals surface area (Å²) in [5.41, 5.74) is 1.52. The molecule has 0 aromatic heterocycles. The standard InChI is InChI=1S/C11H15NS/c1-13-11-5-3-2-4-10(11)6-9-7-12-8-9/h2-5,9,12H,6-8H2,1H3. The second-order valence-electron chi connectivity index (χ2n) is 3.54. The molecule has 1 aromatic carbocycles. The lowest BCUT2D eigenvalue weighted by molar-refractivity contribution is 0.345. The molecule has 0 unspecified atom stereocenters. The lowest BCUT2D eigenvalue weighted by Gasteiger charge is -2.27. The zero-order valence-corrected chi connectivity index (χ0v) is 8.73. The molecule has 1 saturated heterocycles. The SMILES string of the molecule is CSc1ccccc1CC1CNC1. The van der Waals surface area contributed by atoms with Crippen LogP contribution in [0.2, 0.25) is 0 Å². The summed E-state index contributed by atoms with van der Waals surface area (Å²) >= 11 is 1.85. The van der Waals surface area contributed by atoms with Crippen LogP contribution in [-0.2, 0) is 6.42 Å². The molecule has 70 valence electrons. The Morgan fingerprint density at radius 1 is 1.38 bits per heavy atom. The van der Waals surface area contributed by atoms with E-state index in [1.807, 2.05) is 11.8 Å². The van der Waals surface area contributed by atoms with Gasteiger partial charge in [0.1, 0.15) is 0 Å². The zero-order chi connectivity index (χ0) is 9.10. The molecule has 0 amide bonds. The van der Waals surface area contributed by atoms with Crippen molar-refractivity contribution in [2.24, 2.45) is 5.92 Å². The molecule has 1 aromatic rings. The van der Waals surface area contributed by atoms with Gasteiger partial charge >= 0.3 is 0 Å². The Morgan fingerprint density at radius 3 is 2.77 bits per heavy atom. The molecule has 1 nitrogen and oxygen atoms in total. The fraction of sp³-hybridized carbons (Fsp3) is 0.455. The average Bonchev–Trinajstić information content (AvgIpc) is 2.12. The molecule has 2 rings (SSSR count). The number of thioether (sulfide) groups is 1. The van der Waals surface area contributed by atoms with E-state index in [-0.39, 0.29) is 0 Å². The molecule has 2 heteroatoms. The van der Waals surface area contributed by atoms with Gasteiger partial charge in [-0.05, 0) is 43.3 Å². The Kier molecular flexibility index (Phi) is 2.91. The molecule has 1 aliphatic rings. The summed E-state index contributed by atoms with van der Waals surface area (Å²) in [4.78, 5) is 1.44. The molecule has 0 radical (unpaired) electrons. The van der Waals surface area contributed by atoms with Crippen LogP contribution in [-0.4, -0.2) is 19.3 Å². The van der Waals surface area contributed by atoms with E-state index in [2.05, 4.69) is 35.8 Å². The van der Waals surface area contributed by atoms with E-state index >= 15 is 0 Å². The molecule has 0 spiro atoms. The lowest BCUT2D eigenvalue weighted by Crippen LogP contribution is -2.43.